The Kier molecular flexibility index (Phi) is 10.2. The van der Waals surface area contributed by atoms with Gasteiger partial charge in [0.05, 0.1) is 10.6 Å². The van der Waals surface area contributed by atoms with Crippen molar-refractivity contribution in [3.8, 4) is 0 Å². The number of nitrogens with one attached hydrogen (secondary N) is 1. The summed E-state index contributed by atoms with van der Waals surface area (Å²) in [6, 6.07) is 18.7. The van der Waals surface area contributed by atoms with Gasteiger partial charge in [-0.1, -0.05) is 47.5 Å². The Morgan fingerprint density at radius 1 is 1.00 bits per heavy atom. The van der Waals surface area contributed by atoms with E-state index in [9.17, 15) is 18.0 Å². The first kappa shape index (κ1) is 29.2. The lowest BCUT2D eigenvalue weighted by Crippen LogP contribution is -2.51. The van der Waals surface area contributed by atoms with Crippen LogP contribution in [-0.4, -0.2) is 44.3 Å². The van der Waals surface area contributed by atoms with Crippen LogP contribution < -0.4 is 9.62 Å². The quantitative estimate of drug-likeness (QED) is 0.294. The van der Waals surface area contributed by atoms with Gasteiger partial charge in [-0.2, -0.15) is 0 Å². The van der Waals surface area contributed by atoms with E-state index in [1.165, 1.54) is 17.0 Å². The summed E-state index contributed by atoms with van der Waals surface area (Å²) in [6.07, 6.45) is 0. The molecule has 0 aliphatic rings. The Balaban J connectivity index is 2.03. The van der Waals surface area contributed by atoms with Crippen LogP contribution >= 0.6 is 45.8 Å². The van der Waals surface area contributed by atoms with E-state index in [0.717, 1.165) is 7.88 Å². The zero-order valence-electron chi connectivity index (χ0n) is 20.2. The Labute approximate surface area is 240 Å². The van der Waals surface area contributed by atoms with Gasteiger partial charge in [0.25, 0.3) is 10.0 Å². The predicted molar refractivity (Wildman–Crippen MR) is 155 cm³/mol. The Morgan fingerprint density at radius 3 is 2.24 bits per heavy atom. The van der Waals surface area contributed by atoms with Crippen molar-refractivity contribution < 1.29 is 18.0 Å². The van der Waals surface area contributed by atoms with Crippen molar-refractivity contribution in [3.05, 3.63) is 92.0 Å². The zero-order valence-corrected chi connectivity index (χ0v) is 24.7. The van der Waals surface area contributed by atoms with Crippen LogP contribution in [0.15, 0.2) is 77.7 Å². The van der Waals surface area contributed by atoms with Crippen molar-refractivity contribution in [2.24, 2.45) is 0 Å². The SMILES string of the molecule is CCNC(=O)C(C)N(Cc1ccc(Cl)cc1Cl)C(=O)CN(c1ccc(I)cc1)S(=O)(=O)c1ccccc1. The first-order valence-electron chi connectivity index (χ1n) is 11.4. The summed E-state index contributed by atoms with van der Waals surface area (Å²) >= 11 is 14.5. The summed E-state index contributed by atoms with van der Waals surface area (Å²) in [5.41, 5.74) is 0.898. The number of halogens is 3. The van der Waals surface area contributed by atoms with E-state index in [-0.39, 0.29) is 17.3 Å². The molecule has 0 saturated carbocycles. The molecule has 0 heterocycles. The van der Waals surface area contributed by atoms with Gasteiger partial charge in [-0.3, -0.25) is 13.9 Å². The highest BCUT2D eigenvalue weighted by molar-refractivity contribution is 14.1. The number of hydrogen-bond donors (Lipinski definition) is 1. The van der Waals surface area contributed by atoms with E-state index < -0.39 is 28.5 Å². The third kappa shape index (κ3) is 7.37. The van der Waals surface area contributed by atoms with Crippen molar-refractivity contribution >= 4 is 73.3 Å². The molecule has 0 radical (unpaired) electrons. The molecule has 1 unspecified atom stereocenters. The standard InChI is InChI=1S/C26H26Cl2IN3O4S/c1-3-30-26(34)18(2)31(16-19-9-10-20(27)15-24(19)28)25(33)17-32(22-13-11-21(29)12-14-22)37(35,36)23-7-5-4-6-8-23/h4-15,18H,3,16-17H2,1-2H3,(H,30,34). The number of carbonyl (C=O) groups excluding carboxylic acids is 2. The van der Waals surface area contributed by atoms with Crippen LogP contribution in [-0.2, 0) is 26.2 Å². The molecule has 0 aliphatic heterocycles. The molecule has 0 saturated heterocycles. The van der Waals surface area contributed by atoms with E-state index in [0.29, 0.717) is 27.8 Å². The Hall–Kier alpha value is -2.34. The maximum Gasteiger partial charge on any atom is 0.264 e. The maximum absolute atomic E-state index is 13.8. The summed E-state index contributed by atoms with van der Waals surface area (Å²) in [4.78, 5) is 27.9. The summed E-state index contributed by atoms with van der Waals surface area (Å²) in [7, 11) is -4.10. The number of hydrogen-bond acceptors (Lipinski definition) is 4. The van der Waals surface area contributed by atoms with Crippen molar-refractivity contribution in [1.29, 1.82) is 0 Å². The number of nitrogens with zero attached hydrogens (tertiary/aromatic N) is 2. The zero-order chi connectivity index (χ0) is 27.2. The van der Waals surface area contributed by atoms with Gasteiger partial charge in [0.15, 0.2) is 0 Å². The second-order valence-corrected chi connectivity index (χ2v) is 12.1. The van der Waals surface area contributed by atoms with Crippen LogP contribution in [0.3, 0.4) is 0 Å². The molecule has 7 nitrogen and oxygen atoms in total. The van der Waals surface area contributed by atoms with E-state index in [1.807, 2.05) is 0 Å². The van der Waals surface area contributed by atoms with Crippen LogP contribution in [0.2, 0.25) is 10.0 Å². The van der Waals surface area contributed by atoms with Gasteiger partial charge in [0.1, 0.15) is 12.6 Å². The highest BCUT2D eigenvalue weighted by atomic mass is 127. The molecule has 3 aromatic rings. The number of amides is 2. The fourth-order valence-corrected chi connectivity index (χ4v) is 5.86. The number of likely N-dealkylation sites (N-methyl/N-ethyl adjacent to an activating group) is 1. The summed E-state index contributed by atoms with van der Waals surface area (Å²) < 4.78 is 29.3. The first-order valence-corrected chi connectivity index (χ1v) is 14.7. The smallest absolute Gasteiger partial charge is 0.264 e. The maximum atomic E-state index is 13.8. The van der Waals surface area contributed by atoms with Gasteiger partial charge in [0.2, 0.25) is 11.8 Å². The van der Waals surface area contributed by atoms with Crippen LogP contribution in [0, 0.1) is 3.57 Å². The monoisotopic (exact) mass is 673 g/mol. The molecule has 3 aromatic carbocycles. The molecule has 1 N–H and O–H groups in total. The third-order valence-electron chi connectivity index (χ3n) is 5.60. The first-order chi connectivity index (χ1) is 17.5. The molecule has 196 valence electrons. The van der Waals surface area contributed by atoms with Crippen molar-refractivity contribution in [2.45, 2.75) is 31.3 Å². The average Bonchev–Trinajstić information content (AvgIpc) is 2.87. The Bertz CT molecular complexity index is 1360. The molecule has 1 atom stereocenters. The highest BCUT2D eigenvalue weighted by Gasteiger charge is 2.32. The minimum absolute atomic E-state index is 0.0148. The normalized spacial score (nSPS) is 12.0. The number of carbonyl (C=O) groups is 2. The summed E-state index contributed by atoms with van der Waals surface area (Å²) in [5.74, 6) is -0.935. The number of rotatable bonds is 10. The van der Waals surface area contributed by atoms with E-state index >= 15 is 0 Å². The molecule has 0 aliphatic carbocycles. The second kappa shape index (κ2) is 12.9. The number of anilines is 1. The molecular weight excluding hydrogens is 648 g/mol. The van der Waals surface area contributed by atoms with Crippen LogP contribution in [0.1, 0.15) is 19.4 Å². The lowest BCUT2D eigenvalue weighted by molar-refractivity contribution is -0.139. The minimum atomic E-state index is -4.10. The molecule has 11 heteroatoms. The summed E-state index contributed by atoms with van der Waals surface area (Å²) in [6.45, 7) is 3.21. The third-order valence-corrected chi connectivity index (χ3v) is 8.69. The van der Waals surface area contributed by atoms with Gasteiger partial charge in [-0.05, 0) is 90.5 Å². The highest BCUT2D eigenvalue weighted by Crippen LogP contribution is 2.27. The fraction of sp³-hybridized carbons (Fsp3) is 0.231. The van der Waals surface area contributed by atoms with Gasteiger partial charge >= 0.3 is 0 Å². The lowest BCUT2D eigenvalue weighted by Gasteiger charge is -2.32. The molecular formula is C26H26Cl2IN3O4S. The molecule has 37 heavy (non-hydrogen) atoms. The predicted octanol–water partition coefficient (Wildman–Crippen LogP) is 5.35. The van der Waals surface area contributed by atoms with Crippen molar-refractivity contribution in [1.82, 2.24) is 10.2 Å². The fourth-order valence-electron chi connectivity index (χ4n) is 3.59. The van der Waals surface area contributed by atoms with Gasteiger partial charge < -0.3 is 10.2 Å². The van der Waals surface area contributed by atoms with Gasteiger partial charge in [0, 0.05) is 26.7 Å². The minimum Gasteiger partial charge on any atom is -0.355 e. The van der Waals surface area contributed by atoms with E-state index in [4.69, 9.17) is 23.2 Å². The Morgan fingerprint density at radius 2 is 1.65 bits per heavy atom. The molecule has 0 spiro atoms. The second-order valence-electron chi connectivity index (χ2n) is 8.13. The van der Waals surface area contributed by atoms with Crippen molar-refractivity contribution in [2.75, 3.05) is 17.4 Å². The topological polar surface area (TPSA) is 86.8 Å². The number of sulfonamides is 1. The number of benzene rings is 3. The average molecular weight is 674 g/mol. The van der Waals surface area contributed by atoms with Crippen molar-refractivity contribution in [3.63, 3.8) is 0 Å². The molecule has 0 fully saturated rings. The van der Waals surface area contributed by atoms with E-state index in [2.05, 4.69) is 27.9 Å². The molecule has 0 aromatic heterocycles. The van der Waals surface area contributed by atoms with Gasteiger partial charge in [-0.15, -0.1) is 0 Å². The molecule has 0 bridgehead atoms. The largest absolute Gasteiger partial charge is 0.355 e. The van der Waals surface area contributed by atoms with E-state index in [1.54, 1.807) is 74.5 Å². The molecule has 3 rings (SSSR count). The lowest BCUT2D eigenvalue weighted by atomic mass is 10.1. The van der Waals surface area contributed by atoms with Crippen LogP contribution in [0.5, 0.6) is 0 Å². The summed E-state index contributed by atoms with van der Waals surface area (Å²) in [5, 5.41) is 3.48. The van der Waals surface area contributed by atoms with Gasteiger partial charge in [-0.25, -0.2) is 8.42 Å². The van der Waals surface area contributed by atoms with Crippen LogP contribution in [0.25, 0.3) is 0 Å². The van der Waals surface area contributed by atoms with Crippen LogP contribution in [0.4, 0.5) is 5.69 Å². The molecule has 2 amide bonds.